The first kappa shape index (κ1) is 29.5. The van der Waals surface area contributed by atoms with Crippen LogP contribution < -0.4 is 0 Å². The molecule has 0 heterocycles. The Labute approximate surface area is 261 Å². The minimum atomic E-state index is -3.69. The van der Waals surface area contributed by atoms with Crippen molar-refractivity contribution in [1.82, 2.24) is 0 Å². The second-order valence-electron chi connectivity index (χ2n) is 10.7. The fourth-order valence-electron chi connectivity index (χ4n) is 6.62. The fourth-order valence-corrected chi connectivity index (χ4v) is 26.5. The van der Waals surface area contributed by atoms with E-state index in [1.165, 1.54) is 44.5 Å². The molecule has 0 N–H and O–H groups in total. The molecule has 0 nitrogen and oxygen atoms in total. The first-order valence-corrected chi connectivity index (χ1v) is 28.1. The third-order valence-electron chi connectivity index (χ3n) is 7.78. The van der Waals surface area contributed by atoms with E-state index in [-0.39, 0.29) is 24.8 Å². The molecule has 0 aliphatic heterocycles. The van der Waals surface area contributed by atoms with E-state index in [0.29, 0.717) is 7.25 Å². The molecule has 4 aromatic carbocycles. The zero-order chi connectivity index (χ0) is 24.0. The molecule has 0 amide bonds. The van der Waals surface area contributed by atoms with Crippen LogP contribution in [0.1, 0.15) is 29.5 Å². The fraction of sp³-hybridized carbons (Fsp3) is 0.143. The molecular formula is C28H24Br4Cl2SiZr. The molecule has 0 unspecified atom stereocenters. The van der Waals surface area contributed by atoms with Crippen LogP contribution in [0.2, 0.25) is 9.26 Å². The van der Waals surface area contributed by atoms with E-state index in [4.69, 9.17) is 0 Å². The van der Waals surface area contributed by atoms with E-state index in [9.17, 15) is 0 Å². The SMILES string of the molecule is Cl.Cl.[CH3][Zr]([CH3])(=[SiH2])([CH]1c2cc(Br)ccc2-c2ccc(Br)cc21)[CH]1c2cc(Br)ccc2-c2ccc(Br)cc21. The minimum absolute atomic E-state index is 0. The Balaban J connectivity index is 0.00000152. The van der Waals surface area contributed by atoms with Gasteiger partial charge in [0.2, 0.25) is 0 Å². The molecule has 0 bridgehead atoms. The van der Waals surface area contributed by atoms with Gasteiger partial charge < -0.3 is 0 Å². The van der Waals surface area contributed by atoms with Crippen LogP contribution in [0, 0.1) is 0 Å². The van der Waals surface area contributed by atoms with Gasteiger partial charge in [-0.15, -0.1) is 24.8 Å². The molecule has 0 fully saturated rings. The first-order chi connectivity index (χ1) is 16.0. The third kappa shape index (κ3) is 4.52. The first-order valence-electron chi connectivity index (χ1n) is 11.3. The van der Waals surface area contributed by atoms with Gasteiger partial charge in [0, 0.05) is 0 Å². The molecule has 0 radical (unpaired) electrons. The van der Waals surface area contributed by atoms with Crippen molar-refractivity contribution < 1.29 is 17.4 Å². The maximum atomic E-state index is 3.79. The van der Waals surface area contributed by atoms with E-state index in [1.54, 1.807) is 0 Å². The van der Waals surface area contributed by atoms with Crippen LogP contribution in [0.5, 0.6) is 0 Å². The number of fused-ring (bicyclic) bond motifs is 6. The van der Waals surface area contributed by atoms with Gasteiger partial charge in [0.1, 0.15) is 0 Å². The van der Waals surface area contributed by atoms with Crippen LogP contribution in [-0.4, -0.2) is 6.88 Å². The quantitative estimate of drug-likeness (QED) is 0.176. The van der Waals surface area contributed by atoms with Crippen LogP contribution in [0.15, 0.2) is 90.7 Å². The van der Waals surface area contributed by atoms with Crippen molar-refractivity contribution in [3.63, 3.8) is 0 Å². The molecule has 186 valence electrons. The van der Waals surface area contributed by atoms with Gasteiger partial charge in [0.15, 0.2) is 0 Å². The van der Waals surface area contributed by atoms with Gasteiger partial charge in [-0.1, -0.05) is 0 Å². The summed E-state index contributed by atoms with van der Waals surface area (Å²) in [6.45, 7) is 2.38. The van der Waals surface area contributed by atoms with Gasteiger partial charge in [-0.2, -0.15) is 0 Å². The van der Waals surface area contributed by atoms with Gasteiger partial charge >= 0.3 is 240 Å². The Morgan fingerprint density at radius 3 is 0.944 bits per heavy atom. The van der Waals surface area contributed by atoms with Crippen molar-refractivity contribution in [2.45, 2.75) is 16.5 Å². The molecular weight excluding hydrogens is 846 g/mol. The summed E-state index contributed by atoms with van der Waals surface area (Å²) in [6, 6.07) is 27.6. The predicted molar refractivity (Wildman–Crippen MR) is 173 cm³/mol. The third-order valence-corrected chi connectivity index (χ3v) is 27.0. The maximum absolute atomic E-state index is 3.79. The number of halogens is 6. The second-order valence-corrected chi connectivity index (χ2v) is 44.9. The van der Waals surface area contributed by atoms with Crippen molar-refractivity contribution >= 4 is 95.4 Å². The Kier molecular flexibility index (Phi) is 8.30. The Bertz CT molecular complexity index is 1400. The zero-order valence-corrected chi connectivity index (χ0v) is 31.5. The summed E-state index contributed by atoms with van der Waals surface area (Å²) in [5.74, 6) is 0. The molecule has 36 heavy (non-hydrogen) atoms. The van der Waals surface area contributed by atoms with Gasteiger partial charge in [-0.3, -0.25) is 0 Å². The molecule has 4 aromatic rings. The summed E-state index contributed by atoms with van der Waals surface area (Å²) in [5, 5.41) is 0. The van der Waals surface area contributed by atoms with Crippen LogP contribution in [-0.2, 0) is 17.4 Å². The van der Waals surface area contributed by atoms with Gasteiger partial charge in [0.25, 0.3) is 0 Å². The number of hydrogen-bond donors (Lipinski definition) is 0. The average molecular weight is 870 g/mol. The average Bonchev–Trinajstić information content (AvgIpc) is 3.24. The second kappa shape index (κ2) is 10.1. The van der Waals surface area contributed by atoms with Crippen molar-refractivity contribution in [3.8, 4) is 22.3 Å². The normalized spacial score (nSPS) is 14.3. The molecule has 0 spiro atoms. The van der Waals surface area contributed by atoms with E-state index in [2.05, 4.69) is 153 Å². The number of hydrogen-bond acceptors (Lipinski definition) is 0. The summed E-state index contributed by atoms with van der Waals surface area (Å²) >= 11 is 11.5. The van der Waals surface area contributed by atoms with Crippen molar-refractivity contribution in [2.75, 3.05) is 0 Å². The van der Waals surface area contributed by atoms with E-state index in [1.807, 2.05) is 0 Å². The summed E-state index contributed by atoms with van der Waals surface area (Å²) in [6.07, 6.45) is 0. The van der Waals surface area contributed by atoms with Crippen molar-refractivity contribution in [3.05, 3.63) is 113 Å². The molecule has 2 aliphatic rings. The number of benzene rings is 4. The zero-order valence-electron chi connectivity index (χ0n) is 19.6. The van der Waals surface area contributed by atoms with E-state index >= 15 is 0 Å². The van der Waals surface area contributed by atoms with Crippen molar-refractivity contribution in [1.29, 1.82) is 0 Å². The summed E-state index contributed by atoms with van der Waals surface area (Å²) in [5.41, 5.74) is 11.6. The Morgan fingerprint density at radius 1 is 0.500 bits per heavy atom. The van der Waals surface area contributed by atoms with E-state index in [0.717, 1.165) is 17.9 Å². The van der Waals surface area contributed by atoms with Gasteiger partial charge in [-0.05, 0) is 0 Å². The van der Waals surface area contributed by atoms with Gasteiger partial charge in [-0.25, -0.2) is 0 Å². The molecule has 8 heteroatoms. The molecule has 0 atom stereocenters. The topological polar surface area (TPSA) is 0 Å². The molecule has 0 saturated carbocycles. The monoisotopic (exact) mass is 864 g/mol. The number of rotatable bonds is 2. The van der Waals surface area contributed by atoms with Crippen LogP contribution >= 0.6 is 88.5 Å². The van der Waals surface area contributed by atoms with Crippen LogP contribution in [0.25, 0.3) is 22.3 Å². The summed E-state index contributed by atoms with van der Waals surface area (Å²) in [7, 11) is 0. The molecule has 2 aliphatic carbocycles. The van der Waals surface area contributed by atoms with Crippen LogP contribution in [0.4, 0.5) is 0 Å². The van der Waals surface area contributed by atoms with Gasteiger partial charge in [0.05, 0.1) is 0 Å². The molecule has 6 rings (SSSR count). The Hall–Kier alpha value is 0.480. The predicted octanol–water partition coefficient (Wildman–Crippen LogP) is 10.8. The Morgan fingerprint density at radius 2 is 0.722 bits per heavy atom. The summed E-state index contributed by atoms with van der Waals surface area (Å²) in [4.78, 5) is 0. The standard InChI is InChI=1S/2C13H7Br2.2CH3.2ClH.H2Si.Zr/c2*14-10-1-3-12-8(6-10)5-9-7-11(15)2-4-13(9)12;;;;;;/h2*1-7H;2*1H3;2*1H;1H2;. The molecule has 0 saturated heterocycles. The molecule has 0 aromatic heterocycles. The van der Waals surface area contributed by atoms with Crippen molar-refractivity contribution in [2.24, 2.45) is 0 Å². The summed E-state index contributed by atoms with van der Waals surface area (Å²) < 4.78 is 10.9. The van der Waals surface area contributed by atoms with E-state index < -0.39 is 17.4 Å². The van der Waals surface area contributed by atoms with Crippen LogP contribution in [0.3, 0.4) is 0 Å².